The summed E-state index contributed by atoms with van der Waals surface area (Å²) in [7, 11) is 0. The summed E-state index contributed by atoms with van der Waals surface area (Å²) in [6, 6.07) is -0.613. The van der Waals surface area contributed by atoms with E-state index in [4.69, 9.17) is 4.74 Å². The molecular weight excluding hydrogens is 490 g/mol. The van der Waals surface area contributed by atoms with Crippen LogP contribution in [0, 0.1) is 11.6 Å². The molecule has 0 bridgehead atoms. The number of aromatic nitrogens is 1. The minimum absolute atomic E-state index is 0.102. The predicted molar refractivity (Wildman–Crippen MR) is 131 cm³/mol. The normalized spacial score (nSPS) is 18.5. The number of carboxylic acids is 1. The van der Waals surface area contributed by atoms with E-state index < -0.39 is 58.3 Å². The highest BCUT2D eigenvalue weighted by molar-refractivity contribution is 5.94. The largest absolute Gasteiger partial charge is 0.477 e. The molecule has 1 saturated carbocycles. The lowest BCUT2D eigenvalue weighted by Crippen LogP contribution is -2.49. The standard InChI is InChI=1S/C25H30F2N4O6/c1-12(28-24(36)37-25(2,3)4)22(33)29-13-7-8-30(10-13)20-17(26)9-15-19(18(20)27)31(14-5-6-14)11-16(21(15)32)23(34)35/h9,11-14H,5-8,10H2,1-4H3,(H,28,36)(H,29,33)(H,34,35). The van der Waals surface area contributed by atoms with Gasteiger partial charge in [0.05, 0.1) is 10.9 Å². The molecule has 0 spiro atoms. The number of nitrogens with one attached hydrogen (secondary N) is 2. The highest BCUT2D eigenvalue weighted by Crippen LogP contribution is 2.40. The minimum Gasteiger partial charge on any atom is -0.477 e. The Kier molecular flexibility index (Phi) is 6.87. The number of alkyl carbamates (subject to hydrolysis) is 1. The van der Waals surface area contributed by atoms with Crippen LogP contribution in [0.25, 0.3) is 10.9 Å². The monoisotopic (exact) mass is 520 g/mol. The SMILES string of the molecule is CC(NC(=O)OC(C)(C)C)C(=O)NC1CCN(c2c(F)cc3c(=O)c(C(=O)O)cn(C4CC4)c3c2F)C1. The van der Waals surface area contributed by atoms with Gasteiger partial charge in [-0.1, -0.05) is 0 Å². The molecule has 2 aromatic rings. The number of carbonyl (C=O) groups is 3. The average molecular weight is 521 g/mol. The van der Waals surface area contributed by atoms with Crippen LogP contribution < -0.4 is 21.0 Å². The molecule has 2 atom stereocenters. The Hall–Kier alpha value is -3.70. The summed E-state index contributed by atoms with van der Waals surface area (Å²) < 4.78 is 37.5. The number of ether oxygens (including phenoxy) is 1. The molecule has 200 valence electrons. The third-order valence-corrected chi connectivity index (χ3v) is 6.33. The van der Waals surface area contributed by atoms with Gasteiger partial charge in [-0.2, -0.15) is 0 Å². The summed E-state index contributed by atoms with van der Waals surface area (Å²) in [6.45, 7) is 6.93. The summed E-state index contributed by atoms with van der Waals surface area (Å²) >= 11 is 0. The van der Waals surface area contributed by atoms with Crippen LogP contribution in [0.15, 0.2) is 17.1 Å². The molecule has 2 amide bonds. The van der Waals surface area contributed by atoms with E-state index in [2.05, 4.69) is 10.6 Å². The molecule has 2 aliphatic rings. The van der Waals surface area contributed by atoms with Crippen LogP contribution in [0.2, 0.25) is 0 Å². The topological polar surface area (TPSA) is 130 Å². The molecule has 2 unspecified atom stereocenters. The molecule has 0 radical (unpaired) electrons. The van der Waals surface area contributed by atoms with Crippen molar-refractivity contribution in [2.75, 3.05) is 18.0 Å². The molecule has 2 fully saturated rings. The van der Waals surface area contributed by atoms with Crippen LogP contribution in [0.4, 0.5) is 19.3 Å². The third kappa shape index (κ3) is 5.52. The molecule has 3 N–H and O–H groups in total. The Labute approximate surface area is 211 Å². The van der Waals surface area contributed by atoms with Crippen LogP contribution in [-0.4, -0.2) is 58.4 Å². The molecule has 1 aliphatic carbocycles. The molecule has 1 aliphatic heterocycles. The fourth-order valence-corrected chi connectivity index (χ4v) is 4.47. The predicted octanol–water partition coefficient (Wildman–Crippen LogP) is 2.92. The highest BCUT2D eigenvalue weighted by atomic mass is 19.1. The van der Waals surface area contributed by atoms with Gasteiger partial charge in [0, 0.05) is 31.4 Å². The fraction of sp³-hybridized carbons (Fsp3) is 0.520. The second-order valence-electron chi connectivity index (χ2n) is 10.5. The summed E-state index contributed by atoms with van der Waals surface area (Å²) in [4.78, 5) is 50.1. The van der Waals surface area contributed by atoms with Gasteiger partial charge in [0.15, 0.2) is 5.82 Å². The van der Waals surface area contributed by atoms with E-state index in [1.54, 1.807) is 20.8 Å². The van der Waals surface area contributed by atoms with Gasteiger partial charge >= 0.3 is 12.1 Å². The van der Waals surface area contributed by atoms with Crippen molar-refractivity contribution in [1.82, 2.24) is 15.2 Å². The Bertz CT molecular complexity index is 1330. The van der Waals surface area contributed by atoms with Crippen molar-refractivity contribution in [3.8, 4) is 0 Å². The molecule has 37 heavy (non-hydrogen) atoms. The quantitative estimate of drug-likeness (QED) is 0.534. The first-order valence-corrected chi connectivity index (χ1v) is 12.1. The number of amides is 2. The number of aromatic carboxylic acids is 1. The zero-order valence-corrected chi connectivity index (χ0v) is 21.1. The van der Waals surface area contributed by atoms with Crippen molar-refractivity contribution < 1.29 is 33.0 Å². The van der Waals surface area contributed by atoms with Crippen molar-refractivity contribution in [1.29, 1.82) is 0 Å². The van der Waals surface area contributed by atoms with Crippen molar-refractivity contribution in [3.05, 3.63) is 39.7 Å². The van der Waals surface area contributed by atoms with E-state index >= 15 is 8.78 Å². The van der Waals surface area contributed by atoms with E-state index in [1.165, 1.54) is 16.4 Å². The number of rotatable bonds is 6. The Balaban J connectivity index is 1.54. The first-order valence-electron chi connectivity index (χ1n) is 12.1. The zero-order chi connectivity index (χ0) is 27.2. The molecular formula is C25H30F2N4O6. The Morgan fingerprint density at radius 3 is 2.46 bits per heavy atom. The Morgan fingerprint density at radius 1 is 1.19 bits per heavy atom. The van der Waals surface area contributed by atoms with Gasteiger partial charge in [-0.3, -0.25) is 9.59 Å². The third-order valence-electron chi connectivity index (χ3n) is 6.33. The van der Waals surface area contributed by atoms with E-state index in [0.29, 0.717) is 19.3 Å². The van der Waals surface area contributed by atoms with E-state index in [0.717, 1.165) is 12.3 Å². The van der Waals surface area contributed by atoms with Gasteiger partial charge in [-0.25, -0.2) is 18.4 Å². The van der Waals surface area contributed by atoms with Crippen molar-refractivity contribution in [2.24, 2.45) is 0 Å². The maximum Gasteiger partial charge on any atom is 0.408 e. The van der Waals surface area contributed by atoms with Crippen LogP contribution in [0.5, 0.6) is 0 Å². The van der Waals surface area contributed by atoms with Crippen LogP contribution in [0.3, 0.4) is 0 Å². The number of fused-ring (bicyclic) bond motifs is 1. The second kappa shape index (κ2) is 9.64. The maximum absolute atomic E-state index is 15.8. The smallest absolute Gasteiger partial charge is 0.408 e. The summed E-state index contributed by atoms with van der Waals surface area (Å²) in [5.41, 5.74) is -2.66. The molecule has 10 nitrogen and oxygen atoms in total. The van der Waals surface area contributed by atoms with Crippen LogP contribution in [0.1, 0.15) is 63.4 Å². The van der Waals surface area contributed by atoms with E-state index in [9.17, 15) is 24.3 Å². The molecule has 2 heterocycles. The summed E-state index contributed by atoms with van der Waals surface area (Å²) in [5.74, 6) is -3.86. The van der Waals surface area contributed by atoms with Crippen molar-refractivity contribution in [3.63, 3.8) is 0 Å². The fourth-order valence-electron chi connectivity index (χ4n) is 4.47. The average Bonchev–Trinajstić information content (AvgIpc) is 3.52. The van der Waals surface area contributed by atoms with Gasteiger partial charge in [-0.05, 0) is 53.0 Å². The molecule has 1 aromatic heterocycles. The number of benzene rings is 1. The van der Waals surface area contributed by atoms with Gasteiger partial charge in [-0.15, -0.1) is 0 Å². The number of hydrogen-bond acceptors (Lipinski definition) is 6. The minimum atomic E-state index is -1.46. The lowest BCUT2D eigenvalue weighted by Gasteiger charge is -2.24. The Morgan fingerprint density at radius 2 is 1.86 bits per heavy atom. The summed E-state index contributed by atoms with van der Waals surface area (Å²) in [6.07, 6.45) is 2.17. The lowest BCUT2D eigenvalue weighted by molar-refractivity contribution is -0.123. The van der Waals surface area contributed by atoms with Gasteiger partial charge in [0.1, 0.15) is 28.7 Å². The first kappa shape index (κ1) is 26.4. The van der Waals surface area contributed by atoms with Gasteiger partial charge in [0.2, 0.25) is 11.3 Å². The number of halogens is 2. The van der Waals surface area contributed by atoms with E-state index in [1.807, 2.05) is 0 Å². The maximum atomic E-state index is 15.8. The first-order chi connectivity index (χ1) is 17.3. The van der Waals surface area contributed by atoms with Crippen LogP contribution in [-0.2, 0) is 9.53 Å². The lowest BCUT2D eigenvalue weighted by atomic mass is 10.1. The number of hydrogen-bond donors (Lipinski definition) is 3. The highest BCUT2D eigenvalue weighted by Gasteiger charge is 2.34. The summed E-state index contributed by atoms with van der Waals surface area (Å²) in [5, 5.41) is 14.3. The van der Waals surface area contributed by atoms with Gasteiger partial charge in [0.25, 0.3) is 0 Å². The number of carboxylic acid groups (broad SMARTS) is 1. The number of pyridine rings is 1. The molecule has 4 rings (SSSR count). The number of nitrogens with zero attached hydrogens (tertiary/aromatic N) is 2. The second-order valence-corrected chi connectivity index (χ2v) is 10.5. The van der Waals surface area contributed by atoms with Crippen molar-refractivity contribution >= 4 is 34.6 Å². The van der Waals surface area contributed by atoms with Crippen LogP contribution >= 0.6 is 0 Å². The zero-order valence-electron chi connectivity index (χ0n) is 21.1. The molecule has 1 saturated heterocycles. The van der Waals surface area contributed by atoms with E-state index in [-0.39, 0.29) is 35.7 Å². The molecule has 1 aromatic carbocycles. The number of carbonyl (C=O) groups excluding carboxylic acids is 2. The van der Waals surface area contributed by atoms with Gasteiger partial charge < -0.3 is 29.9 Å². The number of anilines is 1. The van der Waals surface area contributed by atoms with Crippen molar-refractivity contribution in [2.45, 2.75) is 70.7 Å². The molecule has 12 heteroatoms.